The van der Waals surface area contributed by atoms with Crippen molar-refractivity contribution in [1.29, 1.82) is 0 Å². The Morgan fingerprint density at radius 1 is 1.08 bits per heavy atom. The van der Waals surface area contributed by atoms with E-state index in [4.69, 9.17) is 11.6 Å². The molecule has 0 bridgehead atoms. The van der Waals surface area contributed by atoms with Crippen LogP contribution < -0.4 is 5.32 Å². The van der Waals surface area contributed by atoms with Gasteiger partial charge in [0.1, 0.15) is 0 Å². The molecule has 2 rings (SSSR count). The lowest BCUT2D eigenvalue weighted by Crippen LogP contribution is -2.37. The molecule has 0 heterocycles. The van der Waals surface area contributed by atoms with Crippen molar-refractivity contribution in [2.45, 2.75) is 53.1 Å². The fraction of sp³-hybridized carbons (Fsp3) is 0.409. The van der Waals surface area contributed by atoms with E-state index in [9.17, 15) is 4.79 Å². The van der Waals surface area contributed by atoms with Crippen LogP contribution >= 0.6 is 11.6 Å². The average Bonchev–Trinajstić information content (AvgIpc) is 2.62. The second-order valence-electron chi connectivity index (χ2n) is 6.80. The number of nitrogens with one attached hydrogen (secondary N) is 1. The maximum atomic E-state index is 12.8. The van der Waals surface area contributed by atoms with Gasteiger partial charge in [0, 0.05) is 23.3 Å². The van der Waals surface area contributed by atoms with E-state index >= 15 is 0 Å². The van der Waals surface area contributed by atoms with Crippen LogP contribution in [0.1, 0.15) is 44.4 Å². The summed E-state index contributed by atoms with van der Waals surface area (Å²) in [6.45, 7) is 9.49. The second kappa shape index (κ2) is 9.75. The van der Waals surface area contributed by atoms with E-state index < -0.39 is 0 Å². The number of benzene rings is 2. The Kier molecular flexibility index (Phi) is 7.67. The predicted octanol–water partition coefficient (Wildman–Crippen LogP) is 5.31. The third-order valence-electron chi connectivity index (χ3n) is 4.65. The molecular weight excluding hydrogens is 344 g/mol. The highest BCUT2D eigenvalue weighted by molar-refractivity contribution is 6.32. The van der Waals surface area contributed by atoms with Crippen LogP contribution in [-0.4, -0.2) is 23.4 Å². The quantitative estimate of drug-likeness (QED) is 0.680. The number of hydrogen-bond acceptors (Lipinski definition) is 2. The summed E-state index contributed by atoms with van der Waals surface area (Å²) < 4.78 is 0. The number of aryl methyl sites for hydroxylation is 1. The van der Waals surface area contributed by atoms with Crippen molar-refractivity contribution < 1.29 is 4.79 Å². The van der Waals surface area contributed by atoms with Crippen molar-refractivity contribution in [3.05, 3.63) is 64.2 Å². The molecular formula is C22H29ClN2O. The molecule has 26 heavy (non-hydrogen) atoms. The first-order chi connectivity index (χ1) is 12.5. The zero-order chi connectivity index (χ0) is 19.1. The highest BCUT2D eigenvalue weighted by atomic mass is 35.5. The normalized spacial score (nSPS) is 11.2. The predicted molar refractivity (Wildman–Crippen MR) is 111 cm³/mol. The number of amides is 1. The smallest absolute Gasteiger partial charge is 0.238 e. The standard InChI is InChI=1S/C22H29ClN2O/c1-5-18-12-13-20(23)19(6-2)22(18)24-21(26)15-25(16(3)4)14-17-10-8-7-9-11-17/h7-13,16H,5-6,14-15H2,1-4H3,(H,24,26). The maximum Gasteiger partial charge on any atom is 0.238 e. The molecule has 3 nitrogen and oxygen atoms in total. The summed E-state index contributed by atoms with van der Waals surface area (Å²) in [6.07, 6.45) is 1.65. The van der Waals surface area contributed by atoms with Crippen LogP contribution in [0.3, 0.4) is 0 Å². The minimum atomic E-state index is 0.00120. The van der Waals surface area contributed by atoms with Crippen molar-refractivity contribution in [2.75, 3.05) is 11.9 Å². The molecule has 0 aromatic heterocycles. The number of carbonyl (C=O) groups excluding carboxylic acids is 1. The zero-order valence-electron chi connectivity index (χ0n) is 16.2. The largest absolute Gasteiger partial charge is 0.324 e. The minimum Gasteiger partial charge on any atom is -0.324 e. The molecule has 0 fully saturated rings. The summed E-state index contributed by atoms with van der Waals surface area (Å²) in [5.74, 6) is 0.00120. The van der Waals surface area contributed by atoms with Gasteiger partial charge in [0.15, 0.2) is 0 Å². The van der Waals surface area contributed by atoms with E-state index in [0.29, 0.717) is 11.6 Å². The molecule has 0 spiro atoms. The molecule has 0 aliphatic carbocycles. The van der Waals surface area contributed by atoms with Gasteiger partial charge in [-0.15, -0.1) is 0 Å². The van der Waals surface area contributed by atoms with Gasteiger partial charge in [-0.3, -0.25) is 9.69 Å². The number of anilines is 1. The molecule has 0 radical (unpaired) electrons. The van der Waals surface area contributed by atoms with Crippen molar-refractivity contribution >= 4 is 23.2 Å². The Bertz CT molecular complexity index is 728. The maximum absolute atomic E-state index is 12.8. The van der Waals surface area contributed by atoms with Gasteiger partial charge in [-0.05, 0) is 49.4 Å². The van der Waals surface area contributed by atoms with Crippen LogP contribution in [0.4, 0.5) is 5.69 Å². The molecule has 0 saturated heterocycles. The number of rotatable bonds is 8. The van der Waals surface area contributed by atoms with Gasteiger partial charge >= 0.3 is 0 Å². The third kappa shape index (κ3) is 5.33. The third-order valence-corrected chi connectivity index (χ3v) is 5.00. The van der Waals surface area contributed by atoms with E-state index in [1.54, 1.807) is 0 Å². The number of hydrogen-bond donors (Lipinski definition) is 1. The first kappa shape index (κ1) is 20.5. The molecule has 4 heteroatoms. The Balaban J connectivity index is 2.15. The number of nitrogens with zero attached hydrogens (tertiary/aromatic N) is 1. The van der Waals surface area contributed by atoms with Crippen LogP contribution in [0, 0.1) is 0 Å². The Hall–Kier alpha value is -1.84. The highest BCUT2D eigenvalue weighted by Gasteiger charge is 2.17. The summed E-state index contributed by atoms with van der Waals surface area (Å²) in [5, 5.41) is 3.84. The first-order valence-corrected chi connectivity index (χ1v) is 9.72. The lowest BCUT2D eigenvalue weighted by atomic mass is 10.0. The van der Waals surface area contributed by atoms with Crippen molar-refractivity contribution in [3.63, 3.8) is 0 Å². The SMILES string of the molecule is CCc1ccc(Cl)c(CC)c1NC(=O)CN(Cc1ccccc1)C(C)C. The lowest BCUT2D eigenvalue weighted by molar-refractivity contribution is -0.117. The van der Waals surface area contributed by atoms with Gasteiger partial charge in [0.25, 0.3) is 0 Å². The lowest BCUT2D eigenvalue weighted by Gasteiger charge is -2.26. The molecule has 1 amide bonds. The Labute approximate surface area is 162 Å². The molecule has 2 aromatic rings. The summed E-state index contributed by atoms with van der Waals surface area (Å²) in [7, 11) is 0. The van der Waals surface area contributed by atoms with Gasteiger partial charge in [0.2, 0.25) is 5.91 Å². The molecule has 1 N–H and O–H groups in total. The van der Waals surface area contributed by atoms with Crippen LogP contribution in [0.15, 0.2) is 42.5 Å². The van der Waals surface area contributed by atoms with Crippen molar-refractivity contribution in [2.24, 2.45) is 0 Å². The van der Waals surface area contributed by atoms with E-state index in [1.807, 2.05) is 30.3 Å². The second-order valence-corrected chi connectivity index (χ2v) is 7.21. The van der Waals surface area contributed by atoms with Crippen molar-refractivity contribution in [3.8, 4) is 0 Å². The first-order valence-electron chi connectivity index (χ1n) is 9.34. The monoisotopic (exact) mass is 372 g/mol. The van der Waals surface area contributed by atoms with Crippen LogP contribution in [0.5, 0.6) is 0 Å². The summed E-state index contributed by atoms with van der Waals surface area (Å²) in [5.41, 5.74) is 4.23. The fourth-order valence-corrected chi connectivity index (χ4v) is 3.36. The van der Waals surface area contributed by atoms with Crippen LogP contribution in [0.2, 0.25) is 5.02 Å². The number of carbonyl (C=O) groups is 1. The van der Waals surface area contributed by atoms with Gasteiger partial charge in [-0.1, -0.05) is 61.8 Å². The van der Waals surface area contributed by atoms with Crippen LogP contribution in [0.25, 0.3) is 0 Å². The number of halogens is 1. The summed E-state index contributed by atoms with van der Waals surface area (Å²) in [6, 6.07) is 14.4. The van der Waals surface area contributed by atoms with E-state index in [0.717, 1.165) is 36.2 Å². The summed E-state index contributed by atoms with van der Waals surface area (Å²) in [4.78, 5) is 14.9. The topological polar surface area (TPSA) is 32.3 Å². The molecule has 0 aliphatic heterocycles. The molecule has 0 unspecified atom stereocenters. The fourth-order valence-electron chi connectivity index (χ4n) is 3.07. The minimum absolute atomic E-state index is 0.00120. The van der Waals surface area contributed by atoms with Crippen molar-refractivity contribution in [1.82, 2.24) is 4.90 Å². The van der Waals surface area contributed by atoms with Gasteiger partial charge in [-0.2, -0.15) is 0 Å². The Morgan fingerprint density at radius 2 is 1.77 bits per heavy atom. The van der Waals surface area contributed by atoms with Gasteiger partial charge in [0.05, 0.1) is 6.54 Å². The van der Waals surface area contributed by atoms with E-state index in [-0.39, 0.29) is 11.9 Å². The molecule has 0 saturated carbocycles. The van der Waals surface area contributed by atoms with Gasteiger partial charge < -0.3 is 5.32 Å². The Morgan fingerprint density at radius 3 is 2.35 bits per heavy atom. The molecule has 140 valence electrons. The van der Waals surface area contributed by atoms with E-state index in [1.165, 1.54) is 5.56 Å². The molecule has 2 aromatic carbocycles. The summed E-state index contributed by atoms with van der Waals surface area (Å²) >= 11 is 6.34. The average molecular weight is 373 g/mol. The molecule has 0 aliphatic rings. The molecule has 0 atom stereocenters. The van der Waals surface area contributed by atoms with E-state index in [2.05, 4.69) is 50.0 Å². The van der Waals surface area contributed by atoms with Gasteiger partial charge in [-0.25, -0.2) is 0 Å². The zero-order valence-corrected chi connectivity index (χ0v) is 16.9. The highest BCUT2D eigenvalue weighted by Crippen LogP contribution is 2.29. The van der Waals surface area contributed by atoms with Crippen LogP contribution in [-0.2, 0) is 24.2 Å².